The van der Waals surface area contributed by atoms with Gasteiger partial charge in [-0.2, -0.15) is 0 Å². The first-order valence-corrected chi connectivity index (χ1v) is 8.36. The first-order chi connectivity index (χ1) is 9.36. The van der Waals surface area contributed by atoms with E-state index in [-0.39, 0.29) is 10.6 Å². The number of nitrogen functional groups attached to an aromatic ring is 1. The van der Waals surface area contributed by atoms with Crippen LogP contribution in [0.15, 0.2) is 28.5 Å². The Morgan fingerprint density at radius 3 is 2.70 bits per heavy atom. The summed E-state index contributed by atoms with van der Waals surface area (Å²) >= 11 is 1.62. The summed E-state index contributed by atoms with van der Waals surface area (Å²) < 4.78 is 22.5. The molecule has 1 heterocycles. The lowest BCUT2D eigenvalue weighted by molar-refractivity contribution is 0.598. The number of primary sulfonamides is 1. The fourth-order valence-corrected chi connectivity index (χ4v) is 3.07. The van der Waals surface area contributed by atoms with Gasteiger partial charge < -0.3 is 11.1 Å². The Hall–Kier alpha value is -1.64. The molecule has 0 saturated carbocycles. The molecule has 1 aromatic heterocycles. The van der Waals surface area contributed by atoms with E-state index in [0.717, 1.165) is 22.8 Å². The van der Waals surface area contributed by atoms with Gasteiger partial charge >= 0.3 is 0 Å². The van der Waals surface area contributed by atoms with Crippen LogP contribution in [0.5, 0.6) is 0 Å². The summed E-state index contributed by atoms with van der Waals surface area (Å²) in [5, 5.41) is 11.3. The van der Waals surface area contributed by atoms with Gasteiger partial charge in [0.1, 0.15) is 4.90 Å². The van der Waals surface area contributed by atoms with E-state index >= 15 is 0 Å². The zero-order valence-corrected chi connectivity index (χ0v) is 12.6. The van der Waals surface area contributed by atoms with E-state index < -0.39 is 10.0 Å². The van der Waals surface area contributed by atoms with Gasteiger partial charge in [-0.3, -0.25) is 0 Å². The van der Waals surface area contributed by atoms with E-state index in [1.165, 1.54) is 6.07 Å². The fourth-order valence-electron chi connectivity index (χ4n) is 1.78. The second kappa shape index (κ2) is 5.78. The van der Waals surface area contributed by atoms with Crippen molar-refractivity contribution < 1.29 is 8.42 Å². The van der Waals surface area contributed by atoms with Crippen molar-refractivity contribution in [1.82, 2.24) is 4.98 Å². The van der Waals surface area contributed by atoms with E-state index in [1.807, 2.05) is 12.3 Å². The average molecular weight is 312 g/mol. The predicted octanol–water partition coefficient (Wildman–Crippen LogP) is 1.34. The Bertz CT molecular complexity index is 710. The van der Waals surface area contributed by atoms with Gasteiger partial charge in [0.15, 0.2) is 0 Å². The number of sulfonamides is 1. The first kappa shape index (κ1) is 14.8. The van der Waals surface area contributed by atoms with Gasteiger partial charge in [0.2, 0.25) is 10.0 Å². The molecule has 0 aliphatic carbocycles. The molecule has 2 aromatic rings. The lowest BCUT2D eigenvalue weighted by atomic mass is 10.2. The highest BCUT2D eigenvalue weighted by Gasteiger charge is 2.12. The van der Waals surface area contributed by atoms with Crippen LogP contribution in [0.4, 0.5) is 11.4 Å². The van der Waals surface area contributed by atoms with E-state index in [2.05, 4.69) is 10.3 Å². The van der Waals surface area contributed by atoms with Crippen molar-refractivity contribution in [1.29, 1.82) is 0 Å². The van der Waals surface area contributed by atoms with Crippen LogP contribution < -0.4 is 16.2 Å². The molecular formula is C12H16N4O2S2. The minimum absolute atomic E-state index is 0.0572. The second-order valence-corrected chi connectivity index (χ2v) is 6.92. The molecule has 6 nitrogen and oxygen atoms in total. The van der Waals surface area contributed by atoms with Gasteiger partial charge in [-0.25, -0.2) is 18.5 Å². The molecular weight excluding hydrogens is 296 g/mol. The smallest absolute Gasteiger partial charge is 0.240 e. The number of nitrogens with zero attached hydrogens (tertiary/aromatic N) is 1. The molecule has 5 N–H and O–H groups in total. The molecule has 0 aliphatic heterocycles. The van der Waals surface area contributed by atoms with Crippen LogP contribution in [-0.4, -0.2) is 19.9 Å². The Kier molecular flexibility index (Phi) is 4.26. The van der Waals surface area contributed by atoms with Gasteiger partial charge in [-0.1, -0.05) is 0 Å². The number of hydrogen-bond acceptors (Lipinski definition) is 6. The number of anilines is 2. The average Bonchev–Trinajstić information content (AvgIpc) is 2.73. The van der Waals surface area contributed by atoms with Crippen LogP contribution in [-0.2, 0) is 16.4 Å². The van der Waals surface area contributed by atoms with Crippen molar-refractivity contribution >= 4 is 32.7 Å². The fraction of sp³-hybridized carbons (Fsp3) is 0.250. The number of rotatable bonds is 5. The van der Waals surface area contributed by atoms with E-state index in [0.29, 0.717) is 6.54 Å². The highest BCUT2D eigenvalue weighted by atomic mass is 32.2. The van der Waals surface area contributed by atoms with E-state index in [4.69, 9.17) is 10.9 Å². The SMILES string of the molecule is Cc1nc(CCNc2ccc(S(N)(=O)=O)c(N)c2)cs1. The van der Waals surface area contributed by atoms with Crippen molar-refractivity contribution in [2.45, 2.75) is 18.2 Å². The zero-order chi connectivity index (χ0) is 14.8. The van der Waals surface area contributed by atoms with Crippen LogP contribution >= 0.6 is 11.3 Å². The number of hydrogen-bond donors (Lipinski definition) is 3. The lowest BCUT2D eigenvalue weighted by Crippen LogP contribution is -2.14. The Morgan fingerprint density at radius 1 is 1.40 bits per heavy atom. The number of aromatic nitrogens is 1. The molecule has 0 bridgehead atoms. The van der Waals surface area contributed by atoms with Gasteiger partial charge in [0.25, 0.3) is 0 Å². The van der Waals surface area contributed by atoms with Gasteiger partial charge in [0.05, 0.1) is 16.4 Å². The molecule has 0 radical (unpaired) electrons. The number of benzene rings is 1. The van der Waals surface area contributed by atoms with Crippen molar-refractivity contribution in [2.24, 2.45) is 5.14 Å². The maximum Gasteiger partial charge on any atom is 0.240 e. The molecule has 0 saturated heterocycles. The number of aryl methyl sites for hydroxylation is 1. The molecule has 0 amide bonds. The van der Waals surface area contributed by atoms with Gasteiger partial charge in [-0.05, 0) is 25.1 Å². The molecule has 0 atom stereocenters. The number of nitrogens with one attached hydrogen (secondary N) is 1. The Labute approximate surface area is 121 Å². The summed E-state index contributed by atoms with van der Waals surface area (Å²) in [7, 11) is -3.77. The van der Waals surface area contributed by atoms with Crippen molar-refractivity contribution in [2.75, 3.05) is 17.6 Å². The topological polar surface area (TPSA) is 111 Å². The molecule has 0 unspecified atom stereocenters. The van der Waals surface area contributed by atoms with Crippen LogP contribution in [0.2, 0.25) is 0 Å². The molecule has 1 aromatic carbocycles. The maximum absolute atomic E-state index is 11.2. The molecule has 2 rings (SSSR count). The minimum atomic E-state index is -3.77. The highest BCUT2D eigenvalue weighted by Crippen LogP contribution is 2.21. The van der Waals surface area contributed by atoms with Gasteiger partial charge in [-0.15, -0.1) is 11.3 Å². The maximum atomic E-state index is 11.2. The summed E-state index contributed by atoms with van der Waals surface area (Å²) in [6, 6.07) is 4.61. The van der Waals surface area contributed by atoms with Crippen molar-refractivity contribution in [3.05, 3.63) is 34.3 Å². The Morgan fingerprint density at radius 2 is 2.15 bits per heavy atom. The third-order valence-electron chi connectivity index (χ3n) is 2.69. The van der Waals surface area contributed by atoms with Crippen molar-refractivity contribution in [3.63, 3.8) is 0 Å². The molecule has 108 valence electrons. The zero-order valence-electron chi connectivity index (χ0n) is 11.0. The minimum Gasteiger partial charge on any atom is -0.398 e. The third kappa shape index (κ3) is 3.69. The van der Waals surface area contributed by atoms with E-state index in [1.54, 1.807) is 23.5 Å². The second-order valence-electron chi connectivity index (χ2n) is 4.33. The summed E-state index contributed by atoms with van der Waals surface area (Å²) in [4.78, 5) is 4.31. The molecule has 0 spiro atoms. The summed E-state index contributed by atoms with van der Waals surface area (Å²) in [5.41, 5.74) is 7.61. The van der Waals surface area contributed by atoms with E-state index in [9.17, 15) is 8.42 Å². The molecule has 0 aliphatic rings. The van der Waals surface area contributed by atoms with Crippen LogP contribution in [0.3, 0.4) is 0 Å². The molecule has 8 heteroatoms. The summed E-state index contributed by atoms with van der Waals surface area (Å²) in [5.74, 6) is 0. The molecule has 20 heavy (non-hydrogen) atoms. The number of thiazole rings is 1. The Balaban J connectivity index is 1.99. The summed E-state index contributed by atoms with van der Waals surface area (Å²) in [6.45, 7) is 2.66. The largest absolute Gasteiger partial charge is 0.398 e. The van der Waals surface area contributed by atoms with Crippen LogP contribution in [0.1, 0.15) is 10.7 Å². The van der Waals surface area contributed by atoms with Crippen LogP contribution in [0.25, 0.3) is 0 Å². The summed E-state index contributed by atoms with van der Waals surface area (Å²) in [6.07, 6.45) is 0.793. The van der Waals surface area contributed by atoms with Gasteiger partial charge in [0, 0.05) is 24.0 Å². The predicted molar refractivity (Wildman–Crippen MR) is 81.3 cm³/mol. The quantitative estimate of drug-likeness (QED) is 0.721. The highest BCUT2D eigenvalue weighted by molar-refractivity contribution is 7.89. The van der Waals surface area contributed by atoms with Crippen LogP contribution in [0, 0.1) is 6.92 Å². The first-order valence-electron chi connectivity index (χ1n) is 5.93. The third-order valence-corrected chi connectivity index (χ3v) is 4.50. The van der Waals surface area contributed by atoms with Crippen molar-refractivity contribution in [3.8, 4) is 0 Å². The standard InChI is InChI=1S/C12H16N4O2S2/c1-8-16-10(7-19-8)4-5-15-9-2-3-12(11(13)6-9)20(14,17)18/h2-3,6-7,15H,4-5,13H2,1H3,(H2,14,17,18). The lowest BCUT2D eigenvalue weighted by Gasteiger charge is -2.08. The number of nitrogens with two attached hydrogens (primary N) is 2. The monoisotopic (exact) mass is 312 g/mol. The normalized spacial score (nSPS) is 11.5. The molecule has 0 fully saturated rings.